The normalized spacial score (nSPS) is 16.1. The lowest BCUT2D eigenvalue weighted by atomic mass is 9.95. The summed E-state index contributed by atoms with van der Waals surface area (Å²) in [5.41, 5.74) is 10.0. The molecule has 0 spiro atoms. The highest BCUT2D eigenvalue weighted by Gasteiger charge is 2.16. The van der Waals surface area contributed by atoms with Crippen molar-refractivity contribution in [3.63, 3.8) is 0 Å². The van der Waals surface area contributed by atoms with E-state index in [0.29, 0.717) is 5.92 Å². The van der Waals surface area contributed by atoms with E-state index in [1.54, 1.807) is 0 Å². The highest BCUT2D eigenvalue weighted by atomic mass is 15.1. The molecule has 0 saturated carbocycles. The molecule has 0 amide bonds. The Morgan fingerprint density at radius 1 is 1.16 bits per heavy atom. The first-order valence-electron chi connectivity index (χ1n) is 7.80. The number of rotatable bonds is 5. The Labute approximate surface area is 118 Å². The molecule has 106 valence electrons. The lowest BCUT2D eigenvalue weighted by Crippen LogP contribution is -2.30. The molecule has 1 aromatic carbocycles. The Morgan fingerprint density at radius 3 is 2.53 bits per heavy atom. The highest BCUT2D eigenvalue weighted by Crippen LogP contribution is 2.30. The molecule has 1 fully saturated rings. The van der Waals surface area contributed by atoms with Gasteiger partial charge in [0, 0.05) is 18.8 Å². The van der Waals surface area contributed by atoms with Crippen LogP contribution in [0.5, 0.6) is 0 Å². The fourth-order valence-corrected chi connectivity index (χ4v) is 2.95. The second-order valence-corrected chi connectivity index (χ2v) is 5.99. The summed E-state index contributed by atoms with van der Waals surface area (Å²) in [5, 5.41) is 0. The second kappa shape index (κ2) is 6.95. The van der Waals surface area contributed by atoms with Gasteiger partial charge in [0.1, 0.15) is 0 Å². The van der Waals surface area contributed by atoms with Crippen LogP contribution in [0.15, 0.2) is 18.2 Å². The summed E-state index contributed by atoms with van der Waals surface area (Å²) < 4.78 is 0. The van der Waals surface area contributed by atoms with Crippen molar-refractivity contribution in [2.75, 3.05) is 24.5 Å². The van der Waals surface area contributed by atoms with Crippen molar-refractivity contribution in [1.29, 1.82) is 0 Å². The van der Waals surface area contributed by atoms with E-state index >= 15 is 0 Å². The quantitative estimate of drug-likeness (QED) is 0.875. The average molecular weight is 260 g/mol. The van der Waals surface area contributed by atoms with Crippen LogP contribution in [-0.4, -0.2) is 19.6 Å². The third-order valence-corrected chi connectivity index (χ3v) is 4.08. The largest absolute Gasteiger partial charge is 0.371 e. The van der Waals surface area contributed by atoms with Gasteiger partial charge in [-0.25, -0.2) is 0 Å². The van der Waals surface area contributed by atoms with Gasteiger partial charge >= 0.3 is 0 Å². The first-order valence-corrected chi connectivity index (χ1v) is 7.80. The van der Waals surface area contributed by atoms with Gasteiger partial charge in [0.05, 0.1) is 0 Å². The molecule has 1 heterocycles. The molecule has 1 aliphatic heterocycles. The smallest absolute Gasteiger partial charge is 0.0401 e. The van der Waals surface area contributed by atoms with Crippen LogP contribution in [0, 0.1) is 0 Å². The van der Waals surface area contributed by atoms with Crippen molar-refractivity contribution in [2.45, 2.75) is 51.9 Å². The van der Waals surface area contributed by atoms with Gasteiger partial charge in [0.25, 0.3) is 0 Å². The third kappa shape index (κ3) is 3.73. The number of piperidine rings is 1. The molecule has 0 aliphatic carbocycles. The van der Waals surface area contributed by atoms with Gasteiger partial charge in [-0.2, -0.15) is 0 Å². The number of nitrogens with two attached hydrogens (primary N) is 1. The van der Waals surface area contributed by atoms with Crippen LogP contribution in [0.4, 0.5) is 5.69 Å². The fourth-order valence-electron chi connectivity index (χ4n) is 2.95. The minimum absolute atomic E-state index is 0.592. The molecule has 0 aromatic heterocycles. The summed E-state index contributed by atoms with van der Waals surface area (Å²) in [5.74, 6) is 0.592. The zero-order valence-corrected chi connectivity index (χ0v) is 12.5. The standard InChI is InChI=1S/C17H28N2/c1-14(2)16-13-15(7-6-10-18)8-9-17(16)19-11-4-3-5-12-19/h8-9,13-14H,3-7,10-12,18H2,1-2H3. The summed E-state index contributed by atoms with van der Waals surface area (Å²) in [4.78, 5) is 2.57. The van der Waals surface area contributed by atoms with Gasteiger partial charge < -0.3 is 10.6 Å². The van der Waals surface area contributed by atoms with E-state index in [9.17, 15) is 0 Å². The number of hydrogen-bond donors (Lipinski definition) is 1. The SMILES string of the molecule is CC(C)c1cc(CCCN)ccc1N1CCCCC1. The van der Waals surface area contributed by atoms with Crippen molar-refractivity contribution in [1.82, 2.24) is 0 Å². The molecule has 0 radical (unpaired) electrons. The van der Waals surface area contributed by atoms with Gasteiger partial charge in [-0.15, -0.1) is 0 Å². The number of aryl methyl sites for hydroxylation is 1. The van der Waals surface area contributed by atoms with Crippen LogP contribution in [-0.2, 0) is 6.42 Å². The van der Waals surface area contributed by atoms with Crippen molar-refractivity contribution in [3.8, 4) is 0 Å². The third-order valence-electron chi connectivity index (χ3n) is 4.08. The molecule has 2 heteroatoms. The summed E-state index contributed by atoms with van der Waals surface area (Å²) in [6.45, 7) is 7.83. The van der Waals surface area contributed by atoms with E-state index in [2.05, 4.69) is 36.9 Å². The van der Waals surface area contributed by atoms with E-state index in [1.807, 2.05) is 0 Å². The molecule has 2 rings (SSSR count). The van der Waals surface area contributed by atoms with Crippen LogP contribution in [0.2, 0.25) is 0 Å². The van der Waals surface area contributed by atoms with Crippen molar-refractivity contribution < 1.29 is 0 Å². The first-order chi connectivity index (χ1) is 9.22. The average Bonchev–Trinajstić information content (AvgIpc) is 2.45. The Hall–Kier alpha value is -1.02. The Balaban J connectivity index is 2.21. The molecule has 19 heavy (non-hydrogen) atoms. The van der Waals surface area contributed by atoms with E-state index in [0.717, 1.165) is 19.4 Å². The maximum absolute atomic E-state index is 5.61. The van der Waals surface area contributed by atoms with Crippen molar-refractivity contribution in [3.05, 3.63) is 29.3 Å². The molecule has 0 unspecified atom stereocenters. The zero-order chi connectivity index (χ0) is 13.7. The number of anilines is 1. The molecule has 2 N–H and O–H groups in total. The van der Waals surface area contributed by atoms with Crippen molar-refractivity contribution >= 4 is 5.69 Å². The van der Waals surface area contributed by atoms with Crippen LogP contribution in [0.3, 0.4) is 0 Å². The maximum atomic E-state index is 5.61. The first kappa shape index (κ1) is 14.4. The van der Waals surface area contributed by atoms with Gasteiger partial charge in [0.2, 0.25) is 0 Å². The maximum Gasteiger partial charge on any atom is 0.0401 e. The van der Waals surface area contributed by atoms with E-state index < -0.39 is 0 Å². The van der Waals surface area contributed by atoms with Crippen LogP contribution < -0.4 is 10.6 Å². The van der Waals surface area contributed by atoms with Crippen LogP contribution in [0.1, 0.15) is 56.6 Å². The van der Waals surface area contributed by atoms with Crippen molar-refractivity contribution in [2.24, 2.45) is 5.73 Å². The summed E-state index contributed by atoms with van der Waals surface area (Å²) in [6, 6.07) is 7.04. The molecular weight excluding hydrogens is 232 g/mol. The second-order valence-electron chi connectivity index (χ2n) is 5.99. The summed E-state index contributed by atoms with van der Waals surface area (Å²) in [7, 11) is 0. The molecule has 2 nitrogen and oxygen atoms in total. The minimum Gasteiger partial charge on any atom is -0.371 e. The topological polar surface area (TPSA) is 29.3 Å². The number of nitrogens with zero attached hydrogens (tertiary/aromatic N) is 1. The molecule has 1 aliphatic rings. The van der Waals surface area contributed by atoms with Gasteiger partial charge in [0.15, 0.2) is 0 Å². The zero-order valence-electron chi connectivity index (χ0n) is 12.5. The van der Waals surface area contributed by atoms with E-state index in [1.165, 1.54) is 49.2 Å². The predicted octanol–water partition coefficient (Wildman–Crippen LogP) is 3.69. The fraction of sp³-hybridized carbons (Fsp3) is 0.647. The van der Waals surface area contributed by atoms with E-state index in [4.69, 9.17) is 5.73 Å². The number of benzene rings is 1. The van der Waals surface area contributed by atoms with Crippen LogP contribution in [0.25, 0.3) is 0 Å². The Morgan fingerprint density at radius 2 is 1.89 bits per heavy atom. The van der Waals surface area contributed by atoms with E-state index in [-0.39, 0.29) is 0 Å². The molecular formula is C17H28N2. The molecule has 0 atom stereocenters. The molecule has 1 saturated heterocycles. The monoisotopic (exact) mass is 260 g/mol. The van der Waals surface area contributed by atoms with Gasteiger partial charge in [-0.3, -0.25) is 0 Å². The van der Waals surface area contributed by atoms with Gasteiger partial charge in [-0.1, -0.05) is 26.0 Å². The Kier molecular flexibility index (Phi) is 5.26. The number of hydrogen-bond acceptors (Lipinski definition) is 2. The summed E-state index contributed by atoms with van der Waals surface area (Å²) >= 11 is 0. The minimum atomic E-state index is 0.592. The predicted molar refractivity (Wildman–Crippen MR) is 84.0 cm³/mol. The Bertz CT molecular complexity index is 392. The molecule has 0 bridgehead atoms. The molecule has 1 aromatic rings. The van der Waals surface area contributed by atoms with Crippen LogP contribution >= 0.6 is 0 Å². The lowest BCUT2D eigenvalue weighted by Gasteiger charge is -2.32. The summed E-state index contributed by atoms with van der Waals surface area (Å²) in [6.07, 6.45) is 6.26. The lowest BCUT2D eigenvalue weighted by molar-refractivity contribution is 0.575. The van der Waals surface area contributed by atoms with Gasteiger partial charge in [-0.05, 0) is 61.8 Å². The highest BCUT2D eigenvalue weighted by molar-refractivity contribution is 5.56.